The van der Waals surface area contributed by atoms with Crippen LogP contribution >= 0.6 is 0 Å². The van der Waals surface area contributed by atoms with Gasteiger partial charge in [-0.05, 0) is 25.7 Å². The maximum atomic E-state index is 12.6. The van der Waals surface area contributed by atoms with E-state index in [4.69, 9.17) is 4.74 Å². The highest BCUT2D eigenvalue weighted by Gasteiger charge is 2.55. The Morgan fingerprint density at radius 1 is 1.20 bits per heavy atom. The Bertz CT molecular complexity index is 436. The van der Waals surface area contributed by atoms with E-state index < -0.39 is 17.4 Å². The highest BCUT2D eigenvalue weighted by Crippen LogP contribution is 2.42. The molecule has 2 heterocycles. The molecule has 0 radical (unpaired) electrons. The summed E-state index contributed by atoms with van der Waals surface area (Å²) >= 11 is 0. The van der Waals surface area contributed by atoms with Gasteiger partial charge in [-0.15, -0.1) is 0 Å². The molecule has 2 saturated heterocycles. The summed E-state index contributed by atoms with van der Waals surface area (Å²) in [6, 6.07) is -0.567. The SMILES string of the molecule is O=C1NC(=O)C2(CCCC2)C(=O)N1CC1CCCOC1. The lowest BCUT2D eigenvalue weighted by Gasteiger charge is -2.38. The summed E-state index contributed by atoms with van der Waals surface area (Å²) in [6.07, 6.45) is 4.77. The molecule has 1 N–H and O–H groups in total. The summed E-state index contributed by atoms with van der Waals surface area (Å²) < 4.78 is 5.40. The van der Waals surface area contributed by atoms with E-state index in [0.717, 1.165) is 32.3 Å². The molecule has 0 aromatic heterocycles. The summed E-state index contributed by atoms with van der Waals surface area (Å²) in [4.78, 5) is 37.9. The van der Waals surface area contributed by atoms with E-state index in [9.17, 15) is 14.4 Å². The number of imide groups is 2. The van der Waals surface area contributed by atoms with Gasteiger partial charge < -0.3 is 4.74 Å². The van der Waals surface area contributed by atoms with Crippen LogP contribution in [-0.2, 0) is 14.3 Å². The molecule has 1 atom stereocenters. The molecule has 110 valence electrons. The molecule has 6 nitrogen and oxygen atoms in total. The van der Waals surface area contributed by atoms with Crippen molar-refractivity contribution in [1.29, 1.82) is 0 Å². The third kappa shape index (κ3) is 2.12. The first-order valence-electron chi connectivity index (χ1n) is 7.39. The first-order valence-corrected chi connectivity index (χ1v) is 7.39. The fourth-order valence-corrected chi connectivity index (χ4v) is 3.53. The van der Waals surface area contributed by atoms with Gasteiger partial charge in [-0.3, -0.25) is 19.8 Å². The monoisotopic (exact) mass is 280 g/mol. The first kappa shape index (κ1) is 13.5. The van der Waals surface area contributed by atoms with Crippen LogP contribution in [0.25, 0.3) is 0 Å². The molecule has 0 bridgehead atoms. The van der Waals surface area contributed by atoms with Gasteiger partial charge in [0.15, 0.2) is 0 Å². The van der Waals surface area contributed by atoms with E-state index >= 15 is 0 Å². The van der Waals surface area contributed by atoms with Crippen LogP contribution in [0.15, 0.2) is 0 Å². The minimum atomic E-state index is -0.983. The van der Waals surface area contributed by atoms with Crippen LogP contribution in [0, 0.1) is 11.3 Å². The van der Waals surface area contributed by atoms with Gasteiger partial charge in [0, 0.05) is 19.1 Å². The van der Waals surface area contributed by atoms with Gasteiger partial charge in [-0.25, -0.2) is 4.79 Å². The van der Waals surface area contributed by atoms with Gasteiger partial charge in [0.25, 0.3) is 0 Å². The number of nitrogens with zero attached hydrogens (tertiary/aromatic N) is 1. The summed E-state index contributed by atoms with van der Waals surface area (Å²) in [6.45, 7) is 1.69. The number of amides is 4. The zero-order chi connectivity index (χ0) is 14.2. The average molecular weight is 280 g/mol. The molecule has 6 heteroatoms. The Morgan fingerprint density at radius 2 is 1.95 bits per heavy atom. The number of ether oxygens (including phenoxy) is 1. The third-order valence-electron chi connectivity index (χ3n) is 4.71. The van der Waals surface area contributed by atoms with Crippen LogP contribution in [0.3, 0.4) is 0 Å². The molecule has 0 aromatic rings. The Morgan fingerprint density at radius 3 is 2.60 bits per heavy atom. The molecule has 3 rings (SSSR count). The summed E-state index contributed by atoms with van der Waals surface area (Å²) in [5.41, 5.74) is -0.983. The molecule has 1 saturated carbocycles. The number of carbonyl (C=O) groups is 3. The Kier molecular flexibility index (Phi) is 3.50. The van der Waals surface area contributed by atoms with Crippen molar-refractivity contribution < 1.29 is 19.1 Å². The van der Waals surface area contributed by atoms with E-state index in [0.29, 0.717) is 26.0 Å². The van der Waals surface area contributed by atoms with Crippen molar-refractivity contribution in [2.75, 3.05) is 19.8 Å². The van der Waals surface area contributed by atoms with E-state index in [2.05, 4.69) is 5.32 Å². The smallest absolute Gasteiger partial charge is 0.330 e. The average Bonchev–Trinajstić information content (AvgIpc) is 2.94. The molecule has 3 aliphatic rings. The maximum Gasteiger partial charge on any atom is 0.330 e. The molecule has 1 spiro atoms. The van der Waals surface area contributed by atoms with E-state index in [-0.39, 0.29) is 11.8 Å². The highest BCUT2D eigenvalue weighted by atomic mass is 16.5. The standard InChI is InChI=1S/C14H20N2O4/c17-11-14(5-1-2-6-14)12(18)16(13(19)15-11)8-10-4-3-7-20-9-10/h10H,1-9H2,(H,15,17,19). The predicted octanol–water partition coefficient (Wildman–Crippen LogP) is 1.05. The second-order valence-corrected chi connectivity index (χ2v) is 6.05. The van der Waals surface area contributed by atoms with Crippen LogP contribution in [0.1, 0.15) is 38.5 Å². The number of rotatable bonds is 2. The summed E-state index contributed by atoms with van der Waals surface area (Å²) in [5, 5.41) is 2.37. The Balaban J connectivity index is 1.77. The minimum absolute atomic E-state index is 0.185. The zero-order valence-electron chi connectivity index (χ0n) is 11.5. The largest absolute Gasteiger partial charge is 0.381 e. The highest BCUT2D eigenvalue weighted by molar-refractivity contribution is 6.19. The lowest BCUT2D eigenvalue weighted by atomic mass is 9.81. The van der Waals surface area contributed by atoms with Gasteiger partial charge >= 0.3 is 6.03 Å². The second-order valence-electron chi connectivity index (χ2n) is 6.05. The molecular formula is C14H20N2O4. The van der Waals surface area contributed by atoms with Crippen LogP contribution in [0.4, 0.5) is 4.79 Å². The molecule has 4 amide bonds. The molecule has 20 heavy (non-hydrogen) atoms. The maximum absolute atomic E-state index is 12.6. The number of carbonyl (C=O) groups excluding carboxylic acids is 3. The quantitative estimate of drug-likeness (QED) is 0.767. The number of hydrogen-bond acceptors (Lipinski definition) is 4. The number of barbiturate groups is 1. The second kappa shape index (κ2) is 5.16. The van der Waals surface area contributed by atoms with Crippen LogP contribution in [0.5, 0.6) is 0 Å². The lowest BCUT2D eigenvalue weighted by molar-refractivity contribution is -0.151. The van der Waals surface area contributed by atoms with Crippen molar-refractivity contribution in [3.63, 3.8) is 0 Å². The van der Waals surface area contributed by atoms with Crippen molar-refractivity contribution in [1.82, 2.24) is 10.2 Å². The van der Waals surface area contributed by atoms with Crippen molar-refractivity contribution >= 4 is 17.8 Å². The number of urea groups is 1. The van der Waals surface area contributed by atoms with Gasteiger partial charge in [0.05, 0.1) is 6.61 Å². The van der Waals surface area contributed by atoms with Gasteiger partial charge in [0.2, 0.25) is 11.8 Å². The lowest BCUT2D eigenvalue weighted by Crippen LogP contribution is -2.63. The van der Waals surface area contributed by atoms with Crippen LogP contribution in [0.2, 0.25) is 0 Å². The Hall–Kier alpha value is -1.43. The molecule has 3 fully saturated rings. The van der Waals surface area contributed by atoms with Gasteiger partial charge in [-0.1, -0.05) is 12.8 Å². The van der Waals surface area contributed by atoms with Crippen LogP contribution in [-0.4, -0.2) is 42.5 Å². The predicted molar refractivity (Wildman–Crippen MR) is 69.7 cm³/mol. The fourth-order valence-electron chi connectivity index (χ4n) is 3.53. The normalized spacial score (nSPS) is 29.9. The first-order chi connectivity index (χ1) is 9.63. The van der Waals surface area contributed by atoms with Gasteiger partial charge in [-0.2, -0.15) is 0 Å². The third-order valence-corrected chi connectivity index (χ3v) is 4.71. The number of hydrogen-bond donors (Lipinski definition) is 1. The fraction of sp³-hybridized carbons (Fsp3) is 0.786. The number of nitrogens with one attached hydrogen (secondary N) is 1. The van der Waals surface area contributed by atoms with E-state index in [1.807, 2.05) is 0 Å². The molecule has 1 aliphatic carbocycles. The molecule has 0 aromatic carbocycles. The van der Waals surface area contributed by atoms with Crippen molar-refractivity contribution in [2.24, 2.45) is 11.3 Å². The molecule has 2 aliphatic heterocycles. The molecule has 1 unspecified atom stereocenters. The van der Waals surface area contributed by atoms with Crippen LogP contribution < -0.4 is 5.32 Å². The zero-order valence-corrected chi connectivity index (χ0v) is 11.5. The van der Waals surface area contributed by atoms with E-state index in [1.54, 1.807) is 0 Å². The molecular weight excluding hydrogens is 260 g/mol. The topological polar surface area (TPSA) is 75.7 Å². The van der Waals surface area contributed by atoms with Crippen molar-refractivity contribution in [3.05, 3.63) is 0 Å². The minimum Gasteiger partial charge on any atom is -0.381 e. The Labute approximate surface area is 117 Å². The van der Waals surface area contributed by atoms with Gasteiger partial charge in [0.1, 0.15) is 5.41 Å². The van der Waals surface area contributed by atoms with E-state index in [1.165, 1.54) is 4.90 Å². The van der Waals surface area contributed by atoms with Crippen molar-refractivity contribution in [3.8, 4) is 0 Å². The van der Waals surface area contributed by atoms with Crippen molar-refractivity contribution in [2.45, 2.75) is 38.5 Å². The summed E-state index contributed by atoms with van der Waals surface area (Å²) in [7, 11) is 0. The summed E-state index contributed by atoms with van der Waals surface area (Å²) in [5.74, 6) is -0.513.